The van der Waals surface area contributed by atoms with Crippen LogP contribution in [0, 0.1) is 0 Å². The van der Waals surface area contributed by atoms with Gasteiger partial charge in [-0.1, -0.05) is 54.6 Å². The topological polar surface area (TPSA) is 153 Å². The molecule has 12 nitrogen and oxygen atoms in total. The predicted molar refractivity (Wildman–Crippen MR) is 178 cm³/mol. The van der Waals surface area contributed by atoms with E-state index in [2.05, 4.69) is 0 Å². The summed E-state index contributed by atoms with van der Waals surface area (Å²) in [7, 11) is -9.58. The molecule has 0 aromatic heterocycles. The molecule has 0 amide bonds. The van der Waals surface area contributed by atoms with Gasteiger partial charge in [-0.15, -0.1) is 0 Å². The van der Waals surface area contributed by atoms with E-state index >= 15 is 0 Å². The summed E-state index contributed by atoms with van der Waals surface area (Å²) in [6, 6.07) is 28.0. The molecule has 3 aromatic carbocycles. The number of hydrogen-bond donors (Lipinski definition) is 3. The molecule has 0 radical (unpaired) electrons. The Hall–Kier alpha value is -2.49. The standard InChI is InChI=1S/C30H42N3O9P3/c34-16-19-37-22-25-43(40-28-10-4-1-5-11-28)31-44(26-23-38-20-17-35,41-29-12-6-2-7-13-29)33-45(32-43,27-24-39-21-18-36)42-30-14-8-3-9-15-30/h1-15,34-36H,16-27H2. The van der Waals surface area contributed by atoms with E-state index in [4.69, 9.17) is 41.3 Å². The molecular formula is C30H42N3O9P3. The van der Waals surface area contributed by atoms with E-state index in [1.54, 1.807) is 0 Å². The maximum Gasteiger partial charge on any atom is 0.259 e. The molecule has 1 aliphatic heterocycles. The summed E-state index contributed by atoms with van der Waals surface area (Å²) >= 11 is 0. The fourth-order valence-electron chi connectivity index (χ4n) is 4.22. The molecule has 45 heavy (non-hydrogen) atoms. The van der Waals surface area contributed by atoms with E-state index < -0.39 is 22.3 Å². The zero-order valence-electron chi connectivity index (χ0n) is 25.1. The van der Waals surface area contributed by atoms with Crippen molar-refractivity contribution in [2.24, 2.45) is 13.5 Å². The second-order valence-electron chi connectivity index (χ2n) is 9.65. The van der Waals surface area contributed by atoms with Crippen molar-refractivity contribution in [3.63, 3.8) is 0 Å². The number of aliphatic hydroxyl groups is 3. The summed E-state index contributed by atoms with van der Waals surface area (Å²) in [5.41, 5.74) is 0. The molecule has 3 N–H and O–H groups in total. The van der Waals surface area contributed by atoms with Crippen LogP contribution >= 0.6 is 22.3 Å². The Morgan fingerprint density at radius 1 is 0.400 bits per heavy atom. The first-order chi connectivity index (χ1) is 22.0. The number of para-hydroxylation sites is 3. The van der Waals surface area contributed by atoms with Crippen molar-refractivity contribution in [2.75, 3.05) is 77.9 Å². The van der Waals surface area contributed by atoms with E-state index in [1.807, 2.05) is 91.0 Å². The summed E-state index contributed by atoms with van der Waals surface area (Å²) in [5.74, 6) is 1.73. The molecule has 0 fully saturated rings. The van der Waals surface area contributed by atoms with Crippen molar-refractivity contribution in [3.8, 4) is 17.2 Å². The number of hydrogen-bond acceptors (Lipinski definition) is 12. The normalized spacial score (nSPS) is 22.5. The lowest BCUT2D eigenvalue weighted by atomic mass is 10.3. The van der Waals surface area contributed by atoms with Crippen molar-refractivity contribution in [1.82, 2.24) is 0 Å². The molecule has 15 heteroatoms. The van der Waals surface area contributed by atoms with Gasteiger partial charge in [0.05, 0.1) is 77.9 Å². The van der Waals surface area contributed by atoms with Crippen LogP contribution in [0.25, 0.3) is 0 Å². The van der Waals surface area contributed by atoms with Crippen LogP contribution in [0.15, 0.2) is 105 Å². The van der Waals surface area contributed by atoms with Gasteiger partial charge in [-0.25, -0.2) is 0 Å². The Balaban J connectivity index is 1.96. The van der Waals surface area contributed by atoms with Gasteiger partial charge < -0.3 is 43.1 Å². The van der Waals surface area contributed by atoms with E-state index in [0.29, 0.717) is 17.2 Å². The third-order valence-corrected chi connectivity index (χ3v) is 16.6. The Morgan fingerprint density at radius 2 is 0.667 bits per heavy atom. The zero-order valence-corrected chi connectivity index (χ0v) is 27.8. The van der Waals surface area contributed by atoms with Crippen LogP contribution in [-0.4, -0.2) is 93.3 Å². The van der Waals surface area contributed by atoms with Crippen LogP contribution in [-0.2, 0) is 14.2 Å². The number of nitrogens with zero attached hydrogens (tertiary/aromatic N) is 3. The molecule has 0 aliphatic carbocycles. The number of rotatable bonds is 21. The first-order valence-corrected chi connectivity index (χ1v) is 20.1. The largest absolute Gasteiger partial charge is 0.441 e. The van der Waals surface area contributed by atoms with E-state index in [0.717, 1.165) is 0 Å². The average molecular weight is 682 g/mol. The first-order valence-electron chi connectivity index (χ1n) is 14.7. The van der Waals surface area contributed by atoms with Crippen LogP contribution in [0.5, 0.6) is 17.2 Å². The van der Waals surface area contributed by atoms with Gasteiger partial charge in [0.2, 0.25) is 0 Å². The zero-order chi connectivity index (χ0) is 31.7. The molecule has 4 rings (SSSR count). The van der Waals surface area contributed by atoms with Crippen molar-refractivity contribution >= 4 is 22.3 Å². The van der Waals surface area contributed by atoms with Crippen LogP contribution in [0.2, 0.25) is 0 Å². The lowest BCUT2D eigenvalue weighted by molar-refractivity contribution is 0.102. The van der Waals surface area contributed by atoms with Gasteiger partial charge in [0.1, 0.15) is 17.2 Å². The van der Waals surface area contributed by atoms with E-state index in [9.17, 15) is 15.3 Å². The third-order valence-electron chi connectivity index (χ3n) is 6.11. The Kier molecular flexibility index (Phi) is 14.6. The SMILES string of the molecule is OCCOCCP1(Oc2ccccc2)=NP(CCOCCO)(Oc2ccccc2)=NP(CCOCCO)(Oc2ccccc2)=N1. The minimum Gasteiger partial charge on any atom is -0.441 e. The van der Waals surface area contributed by atoms with E-state index in [-0.39, 0.29) is 77.9 Å². The molecule has 0 bridgehead atoms. The van der Waals surface area contributed by atoms with Crippen LogP contribution < -0.4 is 13.6 Å². The van der Waals surface area contributed by atoms with Crippen LogP contribution in [0.3, 0.4) is 0 Å². The minimum atomic E-state index is -3.19. The Morgan fingerprint density at radius 3 is 0.911 bits per heavy atom. The van der Waals surface area contributed by atoms with Gasteiger partial charge in [-0.05, 0) is 36.4 Å². The summed E-state index contributed by atoms with van der Waals surface area (Å²) < 4.78 is 53.5. The molecule has 0 saturated heterocycles. The van der Waals surface area contributed by atoms with Gasteiger partial charge in [0.25, 0.3) is 22.3 Å². The molecule has 3 aromatic rings. The highest BCUT2D eigenvalue weighted by atomic mass is 31.3. The number of benzene rings is 3. The molecule has 246 valence electrons. The molecule has 0 spiro atoms. The smallest absolute Gasteiger partial charge is 0.259 e. The molecule has 1 aliphatic rings. The third kappa shape index (κ3) is 11.4. The lowest BCUT2D eigenvalue weighted by Gasteiger charge is -2.35. The predicted octanol–water partition coefficient (Wildman–Crippen LogP) is 6.36. The summed E-state index contributed by atoms with van der Waals surface area (Å²) in [5, 5.41) is 28.1. The Labute approximate surface area is 264 Å². The molecular weight excluding hydrogens is 639 g/mol. The van der Waals surface area contributed by atoms with E-state index in [1.165, 1.54) is 0 Å². The number of aliphatic hydroxyl groups excluding tert-OH is 3. The summed E-state index contributed by atoms with van der Waals surface area (Å²) in [6.07, 6.45) is 0.852. The molecule has 0 saturated carbocycles. The Bertz CT molecular complexity index is 1260. The maximum absolute atomic E-state index is 9.38. The first kappa shape index (κ1) is 35.4. The maximum atomic E-state index is 9.38. The van der Waals surface area contributed by atoms with Crippen LogP contribution in [0.1, 0.15) is 0 Å². The second kappa shape index (κ2) is 18.6. The van der Waals surface area contributed by atoms with Crippen molar-refractivity contribution < 1.29 is 43.1 Å². The van der Waals surface area contributed by atoms with Crippen molar-refractivity contribution in [1.29, 1.82) is 0 Å². The second-order valence-corrected chi connectivity index (χ2v) is 17.7. The highest BCUT2D eigenvalue weighted by molar-refractivity contribution is 7.83. The van der Waals surface area contributed by atoms with Gasteiger partial charge in [-0.2, -0.15) is 13.5 Å². The highest BCUT2D eigenvalue weighted by Crippen LogP contribution is 2.78. The lowest BCUT2D eigenvalue weighted by Crippen LogP contribution is -2.14. The average Bonchev–Trinajstić information content (AvgIpc) is 3.05. The minimum absolute atomic E-state index is 0.124. The van der Waals surface area contributed by atoms with Gasteiger partial charge >= 0.3 is 0 Å². The van der Waals surface area contributed by atoms with Crippen LogP contribution in [0.4, 0.5) is 0 Å². The fraction of sp³-hybridized carbons (Fsp3) is 0.400. The van der Waals surface area contributed by atoms with Crippen molar-refractivity contribution in [3.05, 3.63) is 91.0 Å². The van der Waals surface area contributed by atoms with Gasteiger partial charge in [-0.3, -0.25) is 0 Å². The highest BCUT2D eigenvalue weighted by Gasteiger charge is 2.41. The van der Waals surface area contributed by atoms with Crippen molar-refractivity contribution in [2.45, 2.75) is 0 Å². The fourth-order valence-corrected chi connectivity index (χ4v) is 16.6. The molecule has 0 atom stereocenters. The van der Waals surface area contributed by atoms with Gasteiger partial charge in [0.15, 0.2) is 0 Å². The summed E-state index contributed by atoms with van der Waals surface area (Å²) in [6.45, 7) is 0.736. The molecule has 0 unspecified atom stereocenters. The molecule has 1 heterocycles. The number of ether oxygens (including phenoxy) is 3. The summed E-state index contributed by atoms with van der Waals surface area (Å²) in [4.78, 5) is 0. The van der Waals surface area contributed by atoms with Gasteiger partial charge in [0, 0.05) is 0 Å². The monoisotopic (exact) mass is 681 g/mol. The quantitative estimate of drug-likeness (QED) is 0.0862.